The molecule has 1 aromatic rings. The summed E-state index contributed by atoms with van der Waals surface area (Å²) < 4.78 is 13.2. The SMILES string of the molecule is CN(C)c1cccc(F)c1CNO. The van der Waals surface area contributed by atoms with Gasteiger partial charge in [-0.05, 0) is 12.1 Å². The summed E-state index contributed by atoms with van der Waals surface area (Å²) in [7, 11) is 3.66. The summed E-state index contributed by atoms with van der Waals surface area (Å²) in [5, 5.41) is 8.52. The molecule has 0 atom stereocenters. The first kappa shape index (κ1) is 9.95. The Morgan fingerprint density at radius 3 is 2.69 bits per heavy atom. The monoisotopic (exact) mass is 184 g/mol. The predicted molar refractivity (Wildman–Crippen MR) is 49.4 cm³/mol. The van der Waals surface area contributed by atoms with Crippen LogP contribution in [-0.2, 0) is 6.54 Å². The van der Waals surface area contributed by atoms with Crippen LogP contribution in [0.5, 0.6) is 0 Å². The molecule has 13 heavy (non-hydrogen) atoms. The van der Waals surface area contributed by atoms with E-state index in [0.717, 1.165) is 5.69 Å². The van der Waals surface area contributed by atoms with Gasteiger partial charge < -0.3 is 10.1 Å². The van der Waals surface area contributed by atoms with E-state index in [1.165, 1.54) is 6.07 Å². The number of hydrogen-bond donors (Lipinski definition) is 2. The van der Waals surface area contributed by atoms with E-state index < -0.39 is 0 Å². The van der Waals surface area contributed by atoms with E-state index in [2.05, 4.69) is 0 Å². The van der Waals surface area contributed by atoms with Crippen LogP contribution in [0.25, 0.3) is 0 Å². The van der Waals surface area contributed by atoms with Crippen molar-refractivity contribution in [2.24, 2.45) is 0 Å². The zero-order valence-corrected chi connectivity index (χ0v) is 7.71. The Morgan fingerprint density at radius 2 is 2.15 bits per heavy atom. The molecule has 0 heterocycles. The van der Waals surface area contributed by atoms with Crippen LogP contribution >= 0.6 is 0 Å². The Bertz CT molecular complexity index is 289. The highest BCUT2D eigenvalue weighted by atomic mass is 19.1. The number of halogens is 1. The van der Waals surface area contributed by atoms with Crippen LogP contribution in [0.4, 0.5) is 10.1 Å². The second kappa shape index (κ2) is 4.20. The molecule has 0 unspecified atom stereocenters. The Labute approximate surface area is 76.7 Å². The van der Waals surface area contributed by atoms with Crippen molar-refractivity contribution in [1.82, 2.24) is 5.48 Å². The first-order chi connectivity index (χ1) is 6.16. The van der Waals surface area contributed by atoms with Crippen LogP contribution in [0.15, 0.2) is 18.2 Å². The van der Waals surface area contributed by atoms with Gasteiger partial charge in [0, 0.05) is 25.3 Å². The maximum Gasteiger partial charge on any atom is 0.129 e. The quantitative estimate of drug-likeness (QED) is 0.696. The number of nitrogens with one attached hydrogen (secondary N) is 1. The van der Waals surface area contributed by atoms with Crippen molar-refractivity contribution in [3.63, 3.8) is 0 Å². The molecular formula is C9H13FN2O. The van der Waals surface area contributed by atoms with Gasteiger partial charge >= 0.3 is 0 Å². The molecule has 1 aromatic carbocycles. The average molecular weight is 184 g/mol. The van der Waals surface area contributed by atoms with Gasteiger partial charge in [0.2, 0.25) is 0 Å². The number of anilines is 1. The van der Waals surface area contributed by atoms with Crippen LogP contribution in [0, 0.1) is 5.82 Å². The Morgan fingerprint density at radius 1 is 1.46 bits per heavy atom. The highest BCUT2D eigenvalue weighted by molar-refractivity contribution is 5.52. The van der Waals surface area contributed by atoms with Crippen LogP contribution in [0.3, 0.4) is 0 Å². The topological polar surface area (TPSA) is 35.5 Å². The van der Waals surface area contributed by atoms with E-state index in [-0.39, 0.29) is 12.4 Å². The second-order valence-corrected chi connectivity index (χ2v) is 2.97. The number of hydroxylamine groups is 1. The molecule has 0 saturated heterocycles. The molecule has 1 rings (SSSR count). The minimum atomic E-state index is -0.312. The molecule has 0 aromatic heterocycles. The molecule has 0 amide bonds. The largest absolute Gasteiger partial charge is 0.377 e. The number of rotatable bonds is 3. The second-order valence-electron chi connectivity index (χ2n) is 2.97. The minimum Gasteiger partial charge on any atom is -0.377 e. The molecule has 0 saturated carbocycles. The van der Waals surface area contributed by atoms with Crippen molar-refractivity contribution >= 4 is 5.69 Å². The molecule has 3 nitrogen and oxygen atoms in total. The van der Waals surface area contributed by atoms with Gasteiger partial charge in [0.05, 0.1) is 6.54 Å². The molecule has 0 aliphatic rings. The van der Waals surface area contributed by atoms with E-state index >= 15 is 0 Å². The standard InChI is InChI=1S/C9H13FN2O/c1-12(2)9-5-3-4-8(10)7(9)6-11-13/h3-5,11,13H,6H2,1-2H3. The Balaban J connectivity index is 3.09. The zero-order valence-electron chi connectivity index (χ0n) is 7.71. The smallest absolute Gasteiger partial charge is 0.129 e. The van der Waals surface area contributed by atoms with Crippen molar-refractivity contribution in [2.75, 3.05) is 19.0 Å². The molecule has 0 aliphatic carbocycles. The van der Waals surface area contributed by atoms with Gasteiger partial charge in [-0.25, -0.2) is 9.87 Å². The highest BCUT2D eigenvalue weighted by Gasteiger charge is 2.08. The lowest BCUT2D eigenvalue weighted by Gasteiger charge is -2.17. The third kappa shape index (κ3) is 2.17. The zero-order chi connectivity index (χ0) is 9.84. The molecule has 4 heteroatoms. The number of hydrogen-bond acceptors (Lipinski definition) is 3. The maximum atomic E-state index is 13.2. The molecule has 0 spiro atoms. The van der Waals surface area contributed by atoms with Gasteiger partial charge in [-0.3, -0.25) is 0 Å². The first-order valence-electron chi connectivity index (χ1n) is 3.98. The van der Waals surface area contributed by atoms with Crippen molar-refractivity contribution in [2.45, 2.75) is 6.54 Å². The van der Waals surface area contributed by atoms with Crippen LogP contribution in [0.2, 0.25) is 0 Å². The van der Waals surface area contributed by atoms with Crippen molar-refractivity contribution in [3.05, 3.63) is 29.6 Å². The molecule has 0 fully saturated rings. The molecule has 72 valence electrons. The molecule has 2 N–H and O–H groups in total. The average Bonchev–Trinajstić information content (AvgIpc) is 2.08. The van der Waals surface area contributed by atoms with E-state index in [9.17, 15) is 4.39 Å². The third-order valence-corrected chi connectivity index (χ3v) is 1.83. The third-order valence-electron chi connectivity index (χ3n) is 1.83. The fourth-order valence-corrected chi connectivity index (χ4v) is 1.22. The first-order valence-corrected chi connectivity index (χ1v) is 3.98. The van der Waals surface area contributed by atoms with Crippen LogP contribution in [-0.4, -0.2) is 19.3 Å². The lowest BCUT2D eigenvalue weighted by molar-refractivity contribution is 0.160. The van der Waals surface area contributed by atoms with Gasteiger partial charge in [0.15, 0.2) is 0 Å². The summed E-state index contributed by atoms with van der Waals surface area (Å²) in [6.45, 7) is 0.111. The predicted octanol–water partition coefficient (Wildman–Crippen LogP) is 1.37. The normalized spacial score (nSPS) is 10.2. The summed E-state index contributed by atoms with van der Waals surface area (Å²) in [6, 6.07) is 4.82. The summed E-state index contributed by atoms with van der Waals surface area (Å²) in [4.78, 5) is 1.80. The van der Waals surface area contributed by atoms with Crippen LogP contribution in [0.1, 0.15) is 5.56 Å². The summed E-state index contributed by atoms with van der Waals surface area (Å²) in [6.07, 6.45) is 0. The van der Waals surface area contributed by atoms with Gasteiger partial charge in [0.1, 0.15) is 5.82 Å². The molecular weight excluding hydrogens is 171 g/mol. The molecule has 0 aliphatic heterocycles. The lowest BCUT2D eigenvalue weighted by atomic mass is 10.1. The van der Waals surface area contributed by atoms with Crippen molar-refractivity contribution in [1.29, 1.82) is 0 Å². The fourth-order valence-electron chi connectivity index (χ4n) is 1.22. The maximum absolute atomic E-state index is 13.2. The summed E-state index contributed by atoms with van der Waals surface area (Å²) >= 11 is 0. The molecule has 0 radical (unpaired) electrons. The minimum absolute atomic E-state index is 0.111. The lowest BCUT2D eigenvalue weighted by Crippen LogP contribution is -2.16. The van der Waals surface area contributed by atoms with E-state index in [4.69, 9.17) is 5.21 Å². The summed E-state index contributed by atoms with van der Waals surface area (Å²) in [5.74, 6) is -0.312. The van der Waals surface area contributed by atoms with Gasteiger partial charge in [-0.2, -0.15) is 0 Å². The van der Waals surface area contributed by atoms with Gasteiger partial charge in [0.25, 0.3) is 0 Å². The fraction of sp³-hybridized carbons (Fsp3) is 0.333. The summed E-state index contributed by atoms with van der Waals surface area (Å²) in [5.41, 5.74) is 3.19. The van der Waals surface area contributed by atoms with Crippen molar-refractivity contribution in [3.8, 4) is 0 Å². The Hall–Kier alpha value is -1.13. The highest BCUT2D eigenvalue weighted by Crippen LogP contribution is 2.20. The Kier molecular flexibility index (Phi) is 3.22. The molecule has 0 bridgehead atoms. The van der Waals surface area contributed by atoms with Crippen LogP contribution < -0.4 is 10.4 Å². The van der Waals surface area contributed by atoms with Gasteiger partial charge in [-0.15, -0.1) is 0 Å². The van der Waals surface area contributed by atoms with E-state index in [1.807, 2.05) is 19.6 Å². The van der Waals surface area contributed by atoms with E-state index in [1.54, 1.807) is 17.0 Å². The number of benzene rings is 1. The van der Waals surface area contributed by atoms with E-state index in [0.29, 0.717) is 5.56 Å². The van der Waals surface area contributed by atoms with Crippen molar-refractivity contribution < 1.29 is 9.60 Å². The number of nitrogens with zero attached hydrogens (tertiary/aromatic N) is 1. The van der Waals surface area contributed by atoms with Gasteiger partial charge in [-0.1, -0.05) is 6.07 Å².